The van der Waals surface area contributed by atoms with E-state index in [0.717, 1.165) is 0 Å². The maximum absolute atomic E-state index is 11.8. The van der Waals surface area contributed by atoms with E-state index in [1.165, 1.54) is 19.2 Å². The van der Waals surface area contributed by atoms with Crippen LogP contribution >= 0.6 is 12.4 Å². The Bertz CT molecular complexity index is 549. The van der Waals surface area contributed by atoms with Crippen molar-refractivity contribution in [3.05, 3.63) is 24.3 Å². The summed E-state index contributed by atoms with van der Waals surface area (Å²) in [6.45, 7) is 2.35. The molecule has 0 aliphatic carbocycles. The van der Waals surface area contributed by atoms with E-state index in [-0.39, 0.29) is 29.1 Å². The standard InChI is InChI=1S/C12H19N3O3S.ClH/c1-9(8-13-2)12(16)15-10-5-4-6-11(7-10)19(17,18)14-3;/h4-7,9,13-14H,8H2,1-3H3,(H,15,16);1H. The van der Waals surface area contributed by atoms with Crippen LogP contribution in [0.4, 0.5) is 5.69 Å². The van der Waals surface area contributed by atoms with Gasteiger partial charge in [0, 0.05) is 18.2 Å². The van der Waals surface area contributed by atoms with Crippen LogP contribution in [-0.4, -0.2) is 35.0 Å². The molecule has 0 aliphatic rings. The third-order valence-electron chi connectivity index (χ3n) is 2.64. The van der Waals surface area contributed by atoms with E-state index in [4.69, 9.17) is 0 Å². The summed E-state index contributed by atoms with van der Waals surface area (Å²) < 4.78 is 25.5. The third-order valence-corrected chi connectivity index (χ3v) is 4.05. The zero-order chi connectivity index (χ0) is 14.5. The zero-order valence-corrected chi connectivity index (χ0v) is 13.3. The predicted octanol–water partition coefficient (Wildman–Crippen LogP) is 0.810. The Morgan fingerprint density at radius 1 is 1.30 bits per heavy atom. The number of halogens is 1. The molecular formula is C12H20ClN3O3S. The van der Waals surface area contributed by atoms with Crippen LogP contribution < -0.4 is 15.4 Å². The molecule has 6 nitrogen and oxygen atoms in total. The highest BCUT2D eigenvalue weighted by Gasteiger charge is 2.14. The SMILES string of the molecule is CNCC(C)C(=O)Nc1cccc(S(=O)(=O)NC)c1.Cl. The lowest BCUT2D eigenvalue weighted by atomic mass is 10.1. The quantitative estimate of drug-likeness (QED) is 0.723. The second-order valence-corrected chi connectivity index (χ2v) is 6.07. The highest BCUT2D eigenvalue weighted by molar-refractivity contribution is 7.89. The van der Waals surface area contributed by atoms with Gasteiger partial charge < -0.3 is 10.6 Å². The number of sulfonamides is 1. The summed E-state index contributed by atoms with van der Waals surface area (Å²) in [6.07, 6.45) is 0. The average molecular weight is 322 g/mol. The van der Waals surface area contributed by atoms with Gasteiger partial charge in [-0.2, -0.15) is 0 Å². The van der Waals surface area contributed by atoms with Crippen molar-refractivity contribution in [2.24, 2.45) is 5.92 Å². The second-order valence-electron chi connectivity index (χ2n) is 4.18. The van der Waals surface area contributed by atoms with Crippen molar-refractivity contribution in [3.8, 4) is 0 Å². The minimum atomic E-state index is -3.50. The number of rotatable bonds is 6. The molecule has 0 fully saturated rings. The van der Waals surface area contributed by atoms with Gasteiger partial charge in [0.05, 0.1) is 4.90 Å². The van der Waals surface area contributed by atoms with E-state index in [9.17, 15) is 13.2 Å². The molecule has 1 atom stereocenters. The molecule has 114 valence electrons. The van der Waals surface area contributed by atoms with Crippen molar-refractivity contribution < 1.29 is 13.2 Å². The van der Waals surface area contributed by atoms with Crippen LogP contribution in [0.3, 0.4) is 0 Å². The Balaban J connectivity index is 0.00000361. The normalized spacial score (nSPS) is 12.3. The predicted molar refractivity (Wildman–Crippen MR) is 81.7 cm³/mol. The number of anilines is 1. The molecule has 0 aliphatic heterocycles. The first-order valence-electron chi connectivity index (χ1n) is 5.89. The molecule has 0 saturated heterocycles. The molecule has 1 aromatic rings. The maximum atomic E-state index is 11.8. The summed E-state index contributed by atoms with van der Waals surface area (Å²) in [4.78, 5) is 11.9. The fourth-order valence-corrected chi connectivity index (χ4v) is 2.30. The Labute approximate surface area is 125 Å². The molecule has 0 saturated carbocycles. The van der Waals surface area contributed by atoms with Crippen molar-refractivity contribution in [2.75, 3.05) is 26.0 Å². The molecule has 1 amide bonds. The van der Waals surface area contributed by atoms with E-state index in [1.807, 2.05) is 0 Å². The number of carbonyl (C=O) groups excluding carboxylic acids is 1. The van der Waals surface area contributed by atoms with Gasteiger partial charge in [-0.25, -0.2) is 13.1 Å². The summed E-state index contributed by atoms with van der Waals surface area (Å²) >= 11 is 0. The fourth-order valence-electron chi connectivity index (χ4n) is 1.52. The lowest BCUT2D eigenvalue weighted by Gasteiger charge is -2.12. The summed E-state index contributed by atoms with van der Waals surface area (Å²) in [5.74, 6) is -0.358. The Kier molecular flexibility index (Phi) is 7.74. The minimum absolute atomic E-state index is 0. The Morgan fingerprint density at radius 3 is 2.50 bits per heavy atom. The van der Waals surface area contributed by atoms with Gasteiger partial charge in [0.2, 0.25) is 15.9 Å². The number of hydrogen-bond donors (Lipinski definition) is 3. The monoisotopic (exact) mass is 321 g/mol. The molecule has 0 spiro atoms. The molecule has 8 heteroatoms. The lowest BCUT2D eigenvalue weighted by molar-refractivity contribution is -0.119. The summed E-state index contributed by atoms with van der Waals surface area (Å²) in [6, 6.07) is 6.13. The summed E-state index contributed by atoms with van der Waals surface area (Å²) in [5, 5.41) is 5.60. The first-order chi connectivity index (χ1) is 8.90. The number of benzene rings is 1. The zero-order valence-electron chi connectivity index (χ0n) is 11.6. The molecule has 0 bridgehead atoms. The van der Waals surface area contributed by atoms with Crippen molar-refractivity contribution >= 4 is 34.0 Å². The van der Waals surface area contributed by atoms with Crippen molar-refractivity contribution in [1.29, 1.82) is 0 Å². The van der Waals surface area contributed by atoms with Crippen LogP contribution in [0.1, 0.15) is 6.92 Å². The van der Waals surface area contributed by atoms with Gasteiger partial charge in [0.1, 0.15) is 0 Å². The van der Waals surface area contributed by atoms with Gasteiger partial charge in [-0.15, -0.1) is 12.4 Å². The highest BCUT2D eigenvalue weighted by Crippen LogP contribution is 2.15. The van der Waals surface area contributed by atoms with Crippen LogP contribution in [0.25, 0.3) is 0 Å². The molecule has 0 heterocycles. The summed E-state index contributed by atoms with van der Waals surface area (Å²) in [7, 11) is -0.390. The smallest absolute Gasteiger partial charge is 0.240 e. The van der Waals surface area contributed by atoms with Crippen LogP contribution in [0.2, 0.25) is 0 Å². The number of carbonyl (C=O) groups is 1. The van der Waals surface area contributed by atoms with Gasteiger partial charge in [-0.1, -0.05) is 13.0 Å². The average Bonchev–Trinajstić information content (AvgIpc) is 2.39. The lowest BCUT2D eigenvalue weighted by Crippen LogP contribution is -2.28. The second kappa shape index (κ2) is 8.21. The molecule has 0 radical (unpaired) electrons. The van der Waals surface area contributed by atoms with Crippen molar-refractivity contribution in [3.63, 3.8) is 0 Å². The van der Waals surface area contributed by atoms with Gasteiger partial charge in [-0.3, -0.25) is 4.79 Å². The number of amides is 1. The van der Waals surface area contributed by atoms with E-state index >= 15 is 0 Å². The molecular weight excluding hydrogens is 302 g/mol. The minimum Gasteiger partial charge on any atom is -0.326 e. The summed E-state index contributed by atoms with van der Waals surface area (Å²) in [5.41, 5.74) is 0.462. The molecule has 20 heavy (non-hydrogen) atoms. The molecule has 1 rings (SSSR count). The highest BCUT2D eigenvalue weighted by atomic mass is 35.5. The van der Waals surface area contributed by atoms with Gasteiger partial charge >= 0.3 is 0 Å². The first kappa shape index (κ1) is 18.9. The van der Waals surface area contributed by atoms with Gasteiger partial charge in [-0.05, 0) is 32.3 Å². The van der Waals surface area contributed by atoms with Crippen LogP contribution in [0.15, 0.2) is 29.2 Å². The topological polar surface area (TPSA) is 87.3 Å². The third kappa shape index (κ3) is 5.09. The number of nitrogens with one attached hydrogen (secondary N) is 3. The molecule has 3 N–H and O–H groups in total. The maximum Gasteiger partial charge on any atom is 0.240 e. The molecule has 0 aromatic heterocycles. The van der Waals surface area contributed by atoms with Crippen molar-refractivity contribution in [2.45, 2.75) is 11.8 Å². The Hall–Kier alpha value is -1.15. The fraction of sp³-hybridized carbons (Fsp3) is 0.417. The van der Waals surface area contributed by atoms with E-state index < -0.39 is 10.0 Å². The van der Waals surface area contributed by atoms with E-state index in [0.29, 0.717) is 12.2 Å². The first-order valence-corrected chi connectivity index (χ1v) is 7.38. The Morgan fingerprint density at radius 2 is 1.95 bits per heavy atom. The number of hydrogen-bond acceptors (Lipinski definition) is 4. The van der Waals surface area contributed by atoms with Crippen LogP contribution in [0.5, 0.6) is 0 Å². The van der Waals surface area contributed by atoms with Crippen LogP contribution in [0, 0.1) is 5.92 Å². The van der Waals surface area contributed by atoms with E-state index in [2.05, 4.69) is 15.4 Å². The molecule has 1 aromatic carbocycles. The molecule has 1 unspecified atom stereocenters. The van der Waals surface area contributed by atoms with Crippen molar-refractivity contribution in [1.82, 2.24) is 10.0 Å². The van der Waals surface area contributed by atoms with Crippen LogP contribution in [-0.2, 0) is 14.8 Å². The van der Waals surface area contributed by atoms with E-state index in [1.54, 1.807) is 26.1 Å². The van der Waals surface area contributed by atoms with Gasteiger partial charge in [0.25, 0.3) is 0 Å². The largest absolute Gasteiger partial charge is 0.326 e. The van der Waals surface area contributed by atoms with Gasteiger partial charge in [0.15, 0.2) is 0 Å².